The van der Waals surface area contributed by atoms with Gasteiger partial charge in [0.2, 0.25) is 0 Å². The highest BCUT2D eigenvalue weighted by Gasteiger charge is 1.93. The van der Waals surface area contributed by atoms with Gasteiger partial charge in [0.25, 0.3) is 0 Å². The summed E-state index contributed by atoms with van der Waals surface area (Å²) >= 11 is 0. The summed E-state index contributed by atoms with van der Waals surface area (Å²) in [5.41, 5.74) is 5.42. The highest BCUT2D eigenvalue weighted by molar-refractivity contribution is 4.79. The molecule has 4 heteroatoms. The molecule has 0 aromatic carbocycles. The summed E-state index contributed by atoms with van der Waals surface area (Å²) in [5, 5.41) is 10.0. The molecule has 4 nitrogen and oxygen atoms in total. The maximum absolute atomic E-state index is 5.42. The van der Waals surface area contributed by atoms with Crippen LogP contribution >= 0.6 is 0 Å². The number of rotatable bonds is 23. The average molecular weight is 383 g/mol. The van der Waals surface area contributed by atoms with E-state index < -0.39 is 0 Å². The number of nitrogens with two attached hydrogens (primary N) is 1. The van der Waals surface area contributed by atoms with Gasteiger partial charge < -0.3 is 21.7 Å². The molecule has 0 saturated carbocycles. The average Bonchev–Trinajstić information content (AvgIpc) is 2.68. The molecule has 0 heterocycles. The molecule has 0 rings (SSSR count). The van der Waals surface area contributed by atoms with Crippen LogP contribution in [0.5, 0.6) is 0 Å². The smallest absolute Gasteiger partial charge is 0.0266 e. The quantitative estimate of drug-likeness (QED) is 0.193. The van der Waals surface area contributed by atoms with Gasteiger partial charge in [0.05, 0.1) is 0 Å². The lowest BCUT2D eigenvalue weighted by Gasteiger charge is -2.05. The van der Waals surface area contributed by atoms with Crippen molar-refractivity contribution in [3.8, 4) is 0 Å². The Morgan fingerprint density at radius 1 is 0.593 bits per heavy atom. The fourth-order valence-electron chi connectivity index (χ4n) is 3.22. The monoisotopic (exact) mass is 382 g/mol. The van der Waals surface area contributed by atoms with Crippen molar-refractivity contribution >= 4 is 0 Å². The lowest BCUT2D eigenvalue weighted by Crippen LogP contribution is -2.33. The summed E-state index contributed by atoms with van der Waals surface area (Å²) in [6.45, 7) is 7.90. The van der Waals surface area contributed by atoms with E-state index in [1.54, 1.807) is 0 Å². The van der Waals surface area contributed by atoms with Gasteiger partial charge in [0.15, 0.2) is 0 Å². The predicted molar refractivity (Wildman–Crippen MR) is 122 cm³/mol. The van der Waals surface area contributed by atoms with Crippen molar-refractivity contribution in [3.05, 3.63) is 12.3 Å². The molecule has 5 N–H and O–H groups in total. The fourth-order valence-corrected chi connectivity index (χ4v) is 3.22. The van der Waals surface area contributed by atoms with Crippen molar-refractivity contribution in [2.24, 2.45) is 5.73 Å². The van der Waals surface area contributed by atoms with E-state index in [2.05, 4.69) is 35.2 Å². The minimum atomic E-state index is 0.714. The first-order valence-corrected chi connectivity index (χ1v) is 11.9. The van der Waals surface area contributed by atoms with Crippen LogP contribution in [0.4, 0.5) is 0 Å². The van der Waals surface area contributed by atoms with Crippen molar-refractivity contribution in [1.29, 1.82) is 0 Å². The van der Waals surface area contributed by atoms with Crippen LogP contribution in [-0.2, 0) is 0 Å². The molecular formula is C23H50N4. The third-order valence-corrected chi connectivity index (χ3v) is 4.96. The summed E-state index contributed by atoms with van der Waals surface area (Å²) in [5.74, 6) is 0. The minimum Gasteiger partial charge on any atom is -0.390 e. The van der Waals surface area contributed by atoms with Crippen LogP contribution in [0.3, 0.4) is 0 Å². The normalized spacial score (nSPS) is 11.5. The highest BCUT2D eigenvalue weighted by atomic mass is 15.0. The first-order chi connectivity index (χ1) is 13.4. The molecule has 0 fully saturated rings. The van der Waals surface area contributed by atoms with Gasteiger partial charge >= 0.3 is 0 Å². The first kappa shape index (κ1) is 26.4. The van der Waals surface area contributed by atoms with Crippen molar-refractivity contribution in [2.45, 2.75) is 96.8 Å². The molecular weight excluding hydrogens is 332 g/mol. The van der Waals surface area contributed by atoms with E-state index in [0.717, 1.165) is 32.7 Å². The zero-order valence-corrected chi connectivity index (χ0v) is 18.4. The maximum atomic E-state index is 5.42. The van der Waals surface area contributed by atoms with Gasteiger partial charge in [-0.2, -0.15) is 0 Å². The highest BCUT2D eigenvalue weighted by Crippen LogP contribution is 2.12. The third-order valence-electron chi connectivity index (χ3n) is 4.96. The van der Waals surface area contributed by atoms with E-state index in [-0.39, 0.29) is 0 Å². The maximum Gasteiger partial charge on any atom is 0.0266 e. The van der Waals surface area contributed by atoms with Crippen LogP contribution in [0, 0.1) is 0 Å². The number of nitrogens with one attached hydrogen (secondary N) is 3. The van der Waals surface area contributed by atoms with E-state index in [1.807, 2.05) is 0 Å². The zero-order valence-electron chi connectivity index (χ0n) is 18.4. The van der Waals surface area contributed by atoms with Gasteiger partial charge in [0.1, 0.15) is 0 Å². The number of hydrogen-bond acceptors (Lipinski definition) is 4. The summed E-state index contributed by atoms with van der Waals surface area (Å²) in [6, 6.07) is 0. The van der Waals surface area contributed by atoms with Gasteiger partial charge in [-0.15, -0.1) is 0 Å². The second-order valence-corrected chi connectivity index (χ2v) is 7.68. The molecule has 0 spiro atoms. The Morgan fingerprint density at radius 3 is 1.63 bits per heavy atom. The van der Waals surface area contributed by atoms with Gasteiger partial charge in [-0.1, -0.05) is 90.0 Å². The van der Waals surface area contributed by atoms with Crippen LogP contribution < -0.4 is 21.7 Å². The molecule has 0 amide bonds. The Labute approximate surface area is 170 Å². The van der Waals surface area contributed by atoms with Gasteiger partial charge in [-0.3, -0.25) is 0 Å². The van der Waals surface area contributed by atoms with Crippen LogP contribution in [0.15, 0.2) is 12.3 Å². The summed E-state index contributed by atoms with van der Waals surface area (Å²) in [4.78, 5) is 0. The number of unbranched alkanes of at least 4 members (excludes halogenated alkanes) is 13. The molecule has 0 aliphatic rings. The molecule has 0 saturated heterocycles. The molecule has 27 heavy (non-hydrogen) atoms. The van der Waals surface area contributed by atoms with Crippen LogP contribution in [-0.4, -0.2) is 39.3 Å². The molecule has 0 aliphatic carbocycles. The lowest BCUT2D eigenvalue weighted by atomic mass is 10.0. The Balaban J connectivity index is 3.04. The van der Waals surface area contributed by atoms with Gasteiger partial charge in [-0.25, -0.2) is 0 Å². The lowest BCUT2D eigenvalue weighted by molar-refractivity contribution is 0.540. The Hall–Kier alpha value is -0.580. The summed E-state index contributed by atoms with van der Waals surface area (Å²) < 4.78 is 0. The number of allylic oxidation sites excluding steroid dienone is 1. The minimum absolute atomic E-state index is 0.714. The van der Waals surface area contributed by atoms with Crippen molar-refractivity contribution in [2.75, 3.05) is 39.3 Å². The Morgan fingerprint density at radius 2 is 1.07 bits per heavy atom. The van der Waals surface area contributed by atoms with E-state index in [0.29, 0.717) is 6.54 Å². The molecule has 0 aromatic rings. The van der Waals surface area contributed by atoms with Crippen molar-refractivity contribution < 1.29 is 0 Å². The topological polar surface area (TPSA) is 62.1 Å². The predicted octanol–water partition coefficient (Wildman–Crippen LogP) is 4.71. The SMILES string of the molecule is CCCCCCCCCCCCCCCC=CNCCNCCNCCN. The van der Waals surface area contributed by atoms with Gasteiger partial charge in [0, 0.05) is 39.3 Å². The van der Waals surface area contributed by atoms with Gasteiger partial charge in [-0.05, 0) is 19.0 Å². The van der Waals surface area contributed by atoms with E-state index >= 15 is 0 Å². The molecule has 0 aliphatic heterocycles. The van der Waals surface area contributed by atoms with E-state index in [9.17, 15) is 0 Å². The van der Waals surface area contributed by atoms with E-state index in [1.165, 1.54) is 89.9 Å². The second kappa shape index (κ2) is 25.4. The van der Waals surface area contributed by atoms with Crippen molar-refractivity contribution in [1.82, 2.24) is 16.0 Å². The summed E-state index contributed by atoms with van der Waals surface area (Å²) in [7, 11) is 0. The zero-order chi connectivity index (χ0) is 19.7. The van der Waals surface area contributed by atoms with Crippen molar-refractivity contribution in [3.63, 3.8) is 0 Å². The Bertz CT molecular complexity index is 282. The largest absolute Gasteiger partial charge is 0.390 e. The summed E-state index contributed by atoms with van der Waals surface area (Å²) in [6.07, 6.45) is 24.2. The molecule has 0 unspecified atom stereocenters. The van der Waals surface area contributed by atoms with Crippen LogP contribution in [0.25, 0.3) is 0 Å². The number of hydrogen-bond donors (Lipinski definition) is 4. The second-order valence-electron chi connectivity index (χ2n) is 7.68. The van der Waals surface area contributed by atoms with Crippen LogP contribution in [0.2, 0.25) is 0 Å². The standard InChI is InChI=1S/C23H50N4/c1-2-3-4-5-6-7-8-9-10-11-12-13-14-15-16-18-25-20-22-27-23-21-26-19-17-24/h16,18,25-27H,2-15,17,19-24H2,1H3. The molecule has 0 aromatic heterocycles. The molecule has 0 bridgehead atoms. The molecule has 162 valence electrons. The third kappa shape index (κ3) is 25.4. The Kier molecular flexibility index (Phi) is 24.9. The fraction of sp³-hybridized carbons (Fsp3) is 0.913. The molecule has 0 atom stereocenters. The van der Waals surface area contributed by atoms with E-state index in [4.69, 9.17) is 5.73 Å². The first-order valence-electron chi connectivity index (χ1n) is 11.9. The molecule has 0 radical (unpaired) electrons. The van der Waals surface area contributed by atoms with Crippen LogP contribution in [0.1, 0.15) is 96.8 Å².